The Morgan fingerprint density at radius 1 is 1.47 bits per heavy atom. The second-order valence-electron chi connectivity index (χ2n) is 4.09. The number of aromatic nitrogens is 2. The minimum absolute atomic E-state index is 0.0948. The molecule has 17 heavy (non-hydrogen) atoms. The first kappa shape index (κ1) is 11.4. The van der Waals surface area contributed by atoms with Crippen molar-refractivity contribution in [2.24, 2.45) is 5.73 Å². The summed E-state index contributed by atoms with van der Waals surface area (Å²) in [5.74, 6) is 0. The molecule has 0 aliphatic carbocycles. The Hall–Kier alpha value is -2.12. The predicted molar refractivity (Wildman–Crippen MR) is 65.6 cm³/mol. The van der Waals surface area contributed by atoms with Crippen molar-refractivity contribution >= 4 is 0 Å². The molecular weight excluding hydrogens is 212 g/mol. The highest BCUT2D eigenvalue weighted by Crippen LogP contribution is 2.20. The van der Waals surface area contributed by atoms with Crippen molar-refractivity contribution in [3.63, 3.8) is 0 Å². The van der Waals surface area contributed by atoms with Gasteiger partial charge in [-0.15, -0.1) is 0 Å². The molecule has 0 aliphatic heterocycles. The summed E-state index contributed by atoms with van der Waals surface area (Å²) in [6.07, 6.45) is 3.48. The van der Waals surface area contributed by atoms with Gasteiger partial charge in [0.2, 0.25) is 0 Å². The number of hydrogen-bond donors (Lipinski definition) is 1. The van der Waals surface area contributed by atoms with E-state index in [4.69, 9.17) is 11.0 Å². The fourth-order valence-electron chi connectivity index (χ4n) is 1.78. The molecule has 2 aromatic rings. The van der Waals surface area contributed by atoms with E-state index in [1.165, 1.54) is 0 Å². The van der Waals surface area contributed by atoms with Gasteiger partial charge >= 0.3 is 0 Å². The van der Waals surface area contributed by atoms with Gasteiger partial charge < -0.3 is 10.3 Å². The van der Waals surface area contributed by atoms with Crippen LogP contribution in [0.25, 0.3) is 5.69 Å². The molecule has 0 spiro atoms. The van der Waals surface area contributed by atoms with Gasteiger partial charge in [0.1, 0.15) is 0 Å². The van der Waals surface area contributed by atoms with E-state index < -0.39 is 0 Å². The summed E-state index contributed by atoms with van der Waals surface area (Å²) in [6, 6.07) is 7.63. The number of benzene rings is 1. The van der Waals surface area contributed by atoms with Crippen molar-refractivity contribution in [3.05, 3.63) is 47.5 Å². The minimum atomic E-state index is -0.0948. The summed E-state index contributed by atoms with van der Waals surface area (Å²) in [5.41, 5.74) is 9.50. The molecule has 4 nitrogen and oxygen atoms in total. The average Bonchev–Trinajstić information content (AvgIpc) is 2.78. The Morgan fingerprint density at radius 3 is 2.88 bits per heavy atom. The molecule has 0 fully saturated rings. The SMILES string of the molecule is Cc1ccc(C#N)cc1-n1cncc1[C@@H](C)N. The van der Waals surface area contributed by atoms with Crippen LogP contribution in [0.5, 0.6) is 0 Å². The van der Waals surface area contributed by atoms with Crippen LogP contribution in [0.4, 0.5) is 0 Å². The Kier molecular flexibility index (Phi) is 2.94. The van der Waals surface area contributed by atoms with E-state index in [1.807, 2.05) is 30.5 Å². The lowest BCUT2D eigenvalue weighted by Gasteiger charge is -2.13. The monoisotopic (exact) mass is 226 g/mol. The van der Waals surface area contributed by atoms with Crippen molar-refractivity contribution in [1.82, 2.24) is 9.55 Å². The Morgan fingerprint density at radius 2 is 2.24 bits per heavy atom. The first-order valence-corrected chi connectivity index (χ1v) is 5.42. The third-order valence-electron chi connectivity index (χ3n) is 2.73. The first-order chi connectivity index (χ1) is 8.13. The molecule has 0 unspecified atom stereocenters. The Bertz CT molecular complexity index is 575. The molecule has 1 aromatic carbocycles. The lowest BCUT2D eigenvalue weighted by atomic mass is 10.1. The van der Waals surface area contributed by atoms with Gasteiger partial charge in [0.25, 0.3) is 0 Å². The zero-order valence-corrected chi connectivity index (χ0v) is 9.88. The van der Waals surface area contributed by atoms with Crippen molar-refractivity contribution < 1.29 is 0 Å². The molecule has 0 aliphatic rings. The van der Waals surface area contributed by atoms with E-state index in [2.05, 4.69) is 11.1 Å². The summed E-state index contributed by atoms with van der Waals surface area (Å²) in [7, 11) is 0. The zero-order valence-electron chi connectivity index (χ0n) is 9.88. The molecule has 0 amide bonds. The van der Waals surface area contributed by atoms with Crippen LogP contribution in [-0.2, 0) is 0 Å². The van der Waals surface area contributed by atoms with Gasteiger partial charge in [-0.25, -0.2) is 4.98 Å². The third kappa shape index (κ3) is 2.05. The van der Waals surface area contributed by atoms with Crippen LogP contribution in [-0.4, -0.2) is 9.55 Å². The number of imidazole rings is 1. The number of aryl methyl sites for hydroxylation is 1. The number of nitriles is 1. The van der Waals surface area contributed by atoms with Gasteiger partial charge in [0.05, 0.1) is 35.5 Å². The van der Waals surface area contributed by atoms with Crippen molar-refractivity contribution in [3.8, 4) is 11.8 Å². The molecule has 86 valence electrons. The van der Waals surface area contributed by atoms with E-state index in [0.717, 1.165) is 16.9 Å². The molecule has 0 saturated carbocycles. The lowest BCUT2D eigenvalue weighted by Crippen LogP contribution is -2.11. The molecule has 1 heterocycles. The van der Waals surface area contributed by atoms with Crippen LogP contribution in [0.2, 0.25) is 0 Å². The van der Waals surface area contributed by atoms with Gasteiger partial charge in [-0.3, -0.25) is 0 Å². The molecule has 4 heteroatoms. The highest BCUT2D eigenvalue weighted by molar-refractivity contribution is 5.48. The zero-order chi connectivity index (χ0) is 12.4. The highest BCUT2D eigenvalue weighted by atomic mass is 15.1. The topological polar surface area (TPSA) is 67.6 Å². The first-order valence-electron chi connectivity index (χ1n) is 5.42. The molecule has 0 saturated heterocycles. The van der Waals surface area contributed by atoms with Crippen molar-refractivity contribution in [1.29, 1.82) is 5.26 Å². The molecular formula is C13H14N4. The summed E-state index contributed by atoms with van der Waals surface area (Å²) in [4.78, 5) is 4.12. The van der Waals surface area contributed by atoms with E-state index in [1.54, 1.807) is 18.6 Å². The molecule has 2 N–H and O–H groups in total. The number of nitrogens with two attached hydrogens (primary N) is 1. The highest BCUT2D eigenvalue weighted by Gasteiger charge is 2.10. The van der Waals surface area contributed by atoms with Crippen LogP contribution in [0.1, 0.15) is 29.8 Å². The maximum atomic E-state index is 8.93. The quantitative estimate of drug-likeness (QED) is 0.852. The number of rotatable bonds is 2. The maximum absolute atomic E-state index is 8.93. The summed E-state index contributed by atoms with van der Waals surface area (Å²) in [5, 5.41) is 8.93. The lowest BCUT2D eigenvalue weighted by molar-refractivity contribution is 0.751. The fraction of sp³-hybridized carbons (Fsp3) is 0.231. The maximum Gasteiger partial charge on any atom is 0.0994 e. The summed E-state index contributed by atoms with van der Waals surface area (Å²) < 4.78 is 1.93. The number of hydrogen-bond acceptors (Lipinski definition) is 3. The van der Waals surface area contributed by atoms with Gasteiger partial charge in [-0.1, -0.05) is 6.07 Å². The van der Waals surface area contributed by atoms with Crippen LogP contribution in [0.3, 0.4) is 0 Å². The Labute approximate surface area is 100 Å². The van der Waals surface area contributed by atoms with Gasteiger partial charge in [-0.2, -0.15) is 5.26 Å². The fourth-order valence-corrected chi connectivity index (χ4v) is 1.78. The van der Waals surface area contributed by atoms with Gasteiger partial charge in [0, 0.05) is 6.04 Å². The van der Waals surface area contributed by atoms with Crippen LogP contribution >= 0.6 is 0 Å². The second-order valence-corrected chi connectivity index (χ2v) is 4.09. The smallest absolute Gasteiger partial charge is 0.0994 e. The molecule has 1 atom stereocenters. The average molecular weight is 226 g/mol. The third-order valence-corrected chi connectivity index (χ3v) is 2.73. The van der Waals surface area contributed by atoms with E-state index in [9.17, 15) is 0 Å². The van der Waals surface area contributed by atoms with E-state index >= 15 is 0 Å². The largest absolute Gasteiger partial charge is 0.323 e. The van der Waals surface area contributed by atoms with Crippen molar-refractivity contribution in [2.45, 2.75) is 19.9 Å². The Balaban J connectivity index is 2.60. The second kappa shape index (κ2) is 4.40. The molecule has 2 rings (SSSR count). The van der Waals surface area contributed by atoms with Crippen LogP contribution in [0.15, 0.2) is 30.7 Å². The van der Waals surface area contributed by atoms with E-state index in [-0.39, 0.29) is 6.04 Å². The minimum Gasteiger partial charge on any atom is -0.323 e. The standard InChI is InChI=1S/C13H14N4/c1-9-3-4-11(6-14)5-12(9)17-8-16-7-13(17)10(2)15/h3-5,7-8,10H,15H2,1-2H3/t10-/m1/s1. The van der Waals surface area contributed by atoms with Crippen LogP contribution < -0.4 is 5.73 Å². The van der Waals surface area contributed by atoms with Crippen molar-refractivity contribution in [2.75, 3.05) is 0 Å². The molecule has 0 radical (unpaired) electrons. The predicted octanol–water partition coefficient (Wildman–Crippen LogP) is 2.07. The summed E-state index contributed by atoms with van der Waals surface area (Å²) in [6.45, 7) is 3.92. The molecule has 1 aromatic heterocycles. The number of nitrogens with zero attached hydrogens (tertiary/aromatic N) is 3. The molecule has 0 bridgehead atoms. The summed E-state index contributed by atoms with van der Waals surface area (Å²) >= 11 is 0. The van der Waals surface area contributed by atoms with E-state index in [0.29, 0.717) is 5.56 Å². The normalized spacial score (nSPS) is 12.1. The van der Waals surface area contributed by atoms with Gasteiger partial charge in [-0.05, 0) is 31.5 Å². The van der Waals surface area contributed by atoms with Crippen LogP contribution in [0, 0.1) is 18.3 Å². The van der Waals surface area contributed by atoms with Gasteiger partial charge in [0.15, 0.2) is 0 Å².